The molecule has 3 aromatic rings. The van der Waals surface area contributed by atoms with Gasteiger partial charge < -0.3 is 9.15 Å². The van der Waals surface area contributed by atoms with Crippen LogP contribution in [0.15, 0.2) is 28.7 Å². The van der Waals surface area contributed by atoms with Crippen molar-refractivity contribution in [2.75, 3.05) is 7.11 Å². The van der Waals surface area contributed by atoms with Gasteiger partial charge in [-0.05, 0) is 61.7 Å². The zero-order valence-electron chi connectivity index (χ0n) is 11.1. The van der Waals surface area contributed by atoms with Crippen LogP contribution in [0.2, 0.25) is 0 Å². The van der Waals surface area contributed by atoms with Crippen molar-refractivity contribution in [3.63, 3.8) is 0 Å². The number of fused-ring (bicyclic) bond motifs is 3. The van der Waals surface area contributed by atoms with E-state index in [1.54, 1.807) is 7.11 Å². The number of rotatable bonds is 1. The molecule has 1 aromatic heterocycles. The Morgan fingerprint density at radius 2 is 1.33 bits per heavy atom. The lowest BCUT2D eigenvalue weighted by atomic mass is 10.0. The quantitative estimate of drug-likeness (QED) is 0.624. The molecule has 2 nitrogen and oxygen atoms in total. The minimum Gasteiger partial charge on any atom is -0.496 e. The molecule has 3 rings (SSSR count). The van der Waals surface area contributed by atoms with E-state index in [0.29, 0.717) is 0 Å². The third-order valence-electron chi connectivity index (χ3n) is 3.60. The Morgan fingerprint density at radius 1 is 0.778 bits per heavy atom. The molecule has 18 heavy (non-hydrogen) atoms. The van der Waals surface area contributed by atoms with Crippen molar-refractivity contribution in [1.29, 1.82) is 0 Å². The van der Waals surface area contributed by atoms with E-state index in [9.17, 15) is 0 Å². The summed E-state index contributed by atoms with van der Waals surface area (Å²) >= 11 is 0. The summed E-state index contributed by atoms with van der Waals surface area (Å²) in [5.74, 6) is 0.906. The lowest BCUT2D eigenvalue weighted by molar-refractivity contribution is 0.412. The summed E-state index contributed by atoms with van der Waals surface area (Å²) in [5, 5.41) is 2.28. The van der Waals surface area contributed by atoms with Crippen molar-refractivity contribution < 1.29 is 9.15 Å². The lowest BCUT2D eigenvalue weighted by Gasteiger charge is -2.03. The van der Waals surface area contributed by atoms with E-state index in [1.165, 1.54) is 11.1 Å². The molecule has 1 heterocycles. The molecule has 0 spiro atoms. The standard InChI is InChI=1S/C16H16O2/c1-9-5-12-13-8-14(17-4)11(3)7-16(13)18-15(12)6-10(9)2/h5-8H,1-4H3. The predicted octanol–water partition coefficient (Wildman–Crippen LogP) is 4.52. The summed E-state index contributed by atoms with van der Waals surface area (Å²) in [4.78, 5) is 0. The van der Waals surface area contributed by atoms with Crippen LogP contribution in [0.1, 0.15) is 16.7 Å². The smallest absolute Gasteiger partial charge is 0.135 e. The van der Waals surface area contributed by atoms with Gasteiger partial charge in [-0.25, -0.2) is 0 Å². The molecule has 0 saturated carbocycles. The van der Waals surface area contributed by atoms with Crippen LogP contribution in [0.5, 0.6) is 5.75 Å². The van der Waals surface area contributed by atoms with Crippen molar-refractivity contribution in [3.05, 3.63) is 41.0 Å². The molecular formula is C16H16O2. The SMILES string of the molecule is COc1cc2c(cc1C)oc1cc(C)c(C)cc12. The fraction of sp³-hybridized carbons (Fsp3) is 0.250. The zero-order valence-corrected chi connectivity index (χ0v) is 11.1. The predicted molar refractivity (Wildman–Crippen MR) is 74.5 cm³/mol. The van der Waals surface area contributed by atoms with Gasteiger partial charge >= 0.3 is 0 Å². The average Bonchev–Trinajstić information content (AvgIpc) is 2.65. The van der Waals surface area contributed by atoms with Crippen LogP contribution in [0.25, 0.3) is 21.9 Å². The molecule has 92 valence electrons. The van der Waals surface area contributed by atoms with Gasteiger partial charge in [0.25, 0.3) is 0 Å². The van der Waals surface area contributed by atoms with Gasteiger partial charge in [0, 0.05) is 10.8 Å². The number of hydrogen-bond acceptors (Lipinski definition) is 2. The number of ether oxygens (including phenoxy) is 1. The fourth-order valence-electron chi connectivity index (χ4n) is 2.38. The van der Waals surface area contributed by atoms with Crippen molar-refractivity contribution in [2.45, 2.75) is 20.8 Å². The maximum Gasteiger partial charge on any atom is 0.135 e. The third kappa shape index (κ3) is 1.49. The normalized spacial score (nSPS) is 11.3. The highest BCUT2D eigenvalue weighted by atomic mass is 16.5. The molecule has 0 fully saturated rings. The molecule has 0 N–H and O–H groups in total. The van der Waals surface area contributed by atoms with E-state index in [0.717, 1.165) is 33.3 Å². The van der Waals surface area contributed by atoms with Crippen molar-refractivity contribution in [3.8, 4) is 5.75 Å². The molecule has 0 saturated heterocycles. The van der Waals surface area contributed by atoms with Crippen molar-refractivity contribution in [2.24, 2.45) is 0 Å². The van der Waals surface area contributed by atoms with Crippen molar-refractivity contribution in [1.82, 2.24) is 0 Å². The first-order valence-electron chi connectivity index (χ1n) is 6.08. The van der Waals surface area contributed by atoms with Crippen LogP contribution in [0, 0.1) is 20.8 Å². The molecule has 0 amide bonds. The average molecular weight is 240 g/mol. The second-order valence-corrected chi connectivity index (χ2v) is 4.85. The highest BCUT2D eigenvalue weighted by Crippen LogP contribution is 2.34. The Bertz CT molecular complexity index is 751. The summed E-state index contributed by atoms with van der Waals surface area (Å²) in [6, 6.07) is 8.39. The lowest BCUT2D eigenvalue weighted by Crippen LogP contribution is -1.86. The van der Waals surface area contributed by atoms with Gasteiger partial charge in [-0.15, -0.1) is 0 Å². The number of benzene rings is 2. The summed E-state index contributed by atoms with van der Waals surface area (Å²) in [6.07, 6.45) is 0. The molecule has 0 bridgehead atoms. The van der Waals surface area contributed by atoms with Gasteiger partial charge in [0.1, 0.15) is 16.9 Å². The molecule has 0 aliphatic heterocycles. The second-order valence-electron chi connectivity index (χ2n) is 4.85. The molecule has 2 aromatic carbocycles. The van der Waals surface area contributed by atoms with E-state index in [1.807, 2.05) is 13.0 Å². The largest absolute Gasteiger partial charge is 0.496 e. The fourth-order valence-corrected chi connectivity index (χ4v) is 2.38. The highest BCUT2D eigenvalue weighted by molar-refractivity contribution is 6.06. The van der Waals surface area contributed by atoms with Gasteiger partial charge in [0.05, 0.1) is 7.11 Å². The Hall–Kier alpha value is -1.96. The first-order chi connectivity index (χ1) is 8.60. The minimum absolute atomic E-state index is 0.906. The Labute approximate surface area is 106 Å². The number of furan rings is 1. The molecule has 0 atom stereocenters. The molecule has 0 aliphatic rings. The maximum atomic E-state index is 5.91. The Balaban J connectivity index is 2.45. The van der Waals surface area contributed by atoms with Gasteiger partial charge in [-0.3, -0.25) is 0 Å². The minimum atomic E-state index is 0.906. The van der Waals surface area contributed by atoms with Crippen LogP contribution >= 0.6 is 0 Å². The first kappa shape index (κ1) is 11.1. The van der Waals surface area contributed by atoms with E-state index in [2.05, 4.69) is 32.0 Å². The summed E-state index contributed by atoms with van der Waals surface area (Å²) in [5.41, 5.74) is 5.50. The Morgan fingerprint density at radius 3 is 2.00 bits per heavy atom. The van der Waals surface area contributed by atoms with Gasteiger partial charge in [-0.1, -0.05) is 0 Å². The summed E-state index contributed by atoms with van der Waals surface area (Å²) in [6.45, 7) is 6.26. The molecule has 0 unspecified atom stereocenters. The van der Waals surface area contributed by atoms with Gasteiger partial charge in [0.2, 0.25) is 0 Å². The highest BCUT2D eigenvalue weighted by Gasteiger charge is 2.11. The topological polar surface area (TPSA) is 22.4 Å². The second kappa shape index (κ2) is 3.77. The zero-order chi connectivity index (χ0) is 12.9. The van der Waals surface area contributed by atoms with E-state index < -0.39 is 0 Å². The van der Waals surface area contributed by atoms with E-state index in [-0.39, 0.29) is 0 Å². The summed E-state index contributed by atoms with van der Waals surface area (Å²) < 4.78 is 11.3. The van der Waals surface area contributed by atoms with Crippen LogP contribution in [-0.4, -0.2) is 7.11 Å². The molecule has 0 radical (unpaired) electrons. The number of aryl methyl sites for hydroxylation is 3. The van der Waals surface area contributed by atoms with E-state index >= 15 is 0 Å². The molecule has 2 heteroatoms. The number of hydrogen-bond donors (Lipinski definition) is 0. The van der Waals surface area contributed by atoms with Crippen LogP contribution in [0.4, 0.5) is 0 Å². The van der Waals surface area contributed by atoms with Crippen molar-refractivity contribution >= 4 is 21.9 Å². The molecular weight excluding hydrogens is 224 g/mol. The van der Waals surface area contributed by atoms with Crippen LogP contribution in [-0.2, 0) is 0 Å². The Kier molecular flexibility index (Phi) is 2.34. The van der Waals surface area contributed by atoms with Gasteiger partial charge in [0.15, 0.2) is 0 Å². The monoisotopic (exact) mass is 240 g/mol. The molecule has 0 aliphatic carbocycles. The van der Waals surface area contributed by atoms with Crippen LogP contribution < -0.4 is 4.74 Å². The first-order valence-corrected chi connectivity index (χ1v) is 6.08. The third-order valence-corrected chi connectivity index (χ3v) is 3.60. The van der Waals surface area contributed by atoms with Crippen LogP contribution in [0.3, 0.4) is 0 Å². The maximum absolute atomic E-state index is 5.91. The summed E-state index contributed by atoms with van der Waals surface area (Å²) in [7, 11) is 1.70. The van der Waals surface area contributed by atoms with E-state index in [4.69, 9.17) is 9.15 Å². The van der Waals surface area contributed by atoms with Gasteiger partial charge in [-0.2, -0.15) is 0 Å². The number of methoxy groups -OCH3 is 1.